The highest BCUT2D eigenvalue weighted by molar-refractivity contribution is 6.07. The maximum Gasteiger partial charge on any atom is 0.252 e. The van der Waals surface area contributed by atoms with Gasteiger partial charge >= 0.3 is 0 Å². The van der Waals surface area contributed by atoms with E-state index in [0.29, 0.717) is 5.92 Å². The molecule has 2 aromatic rings. The third-order valence-electron chi connectivity index (χ3n) is 5.61. The van der Waals surface area contributed by atoms with Gasteiger partial charge in [-0.2, -0.15) is 0 Å². The van der Waals surface area contributed by atoms with Crippen LogP contribution in [0, 0.1) is 5.92 Å². The lowest BCUT2D eigenvalue weighted by Gasteiger charge is -2.26. The summed E-state index contributed by atoms with van der Waals surface area (Å²) in [7, 11) is 0. The Morgan fingerprint density at radius 1 is 1.32 bits per heavy atom. The number of ether oxygens (including phenoxy) is 1. The maximum absolute atomic E-state index is 13.2. The second-order valence-corrected chi connectivity index (χ2v) is 7.59. The van der Waals surface area contributed by atoms with Gasteiger partial charge in [-0.1, -0.05) is 25.1 Å². The monoisotopic (exact) mass is 338 g/mol. The summed E-state index contributed by atoms with van der Waals surface area (Å²) in [6, 6.07) is 8.03. The first-order chi connectivity index (χ1) is 12.1. The average molecular weight is 338 g/mol. The molecule has 3 atom stereocenters. The lowest BCUT2D eigenvalue weighted by molar-refractivity contribution is 0.0712. The number of aryl methyl sites for hydroxylation is 1. The summed E-state index contributed by atoms with van der Waals surface area (Å²) in [5, 5.41) is 4.17. The highest BCUT2D eigenvalue weighted by Gasteiger charge is 2.28. The van der Waals surface area contributed by atoms with Gasteiger partial charge in [0.05, 0.1) is 23.2 Å². The number of amides is 1. The van der Waals surface area contributed by atoms with E-state index in [1.54, 1.807) is 0 Å². The predicted molar refractivity (Wildman–Crippen MR) is 98.8 cm³/mol. The molecule has 2 heterocycles. The molecule has 3 unspecified atom stereocenters. The molecule has 0 bridgehead atoms. The van der Waals surface area contributed by atoms with Gasteiger partial charge < -0.3 is 10.1 Å². The fraction of sp³-hybridized carbons (Fsp3) is 0.524. The zero-order valence-electron chi connectivity index (χ0n) is 15.0. The van der Waals surface area contributed by atoms with E-state index >= 15 is 0 Å². The molecule has 2 aliphatic rings. The van der Waals surface area contributed by atoms with Gasteiger partial charge in [0.1, 0.15) is 0 Å². The smallest absolute Gasteiger partial charge is 0.252 e. The first-order valence-electron chi connectivity index (χ1n) is 9.46. The molecule has 132 valence electrons. The van der Waals surface area contributed by atoms with Crippen molar-refractivity contribution in [1.29, 1.82) is 0 Å². The van der Waals surface area contributed by atoms with Crippen molar-refractivity contribution in [2.24, 2.45) is 5.92 Å². The number of aromatic nitrogens is 1. The molecule has 4 nitrogen and oxygen atoms in total. The molecule has 4 heteroatoms. The number of nitrogens with one attached hydrogen (secondary N) is 1. The van der Waals surface area contributed by atoms with Crippen LogP contribution in [0.3, 0.4) is 0 Å². The van der Waals surface area contributed by atoms with Gasteiger partial charge in [0.2, 0.25) is 0 Å². The number of nitrogens with zero attached hydrogens (tertiary/aromatic N) is 1. The zero-order chi connectivity index (χ0) is 17.4. The molecule has 1 fully saturated rings. The molecule has 0 spiro atoms. The minimum absolute atomic E-state index is 0.0203. The minimum atomic E-state index is 0.0203. The molecule has 1 amide bonds. The molecule has 1 N–H and O–H groups in total. The Bertz CT molecular complexity index is 796. The number of benzene rings is 1. The predicted octanol–water partition coefficient (Wildman–Crippen LogP) is 3.66. The Morgan fingerprint density at radius 3 is 2.96 bits per heavy atom. The number of para-hydroxylation sites is 1. The molecular formula is C21H26N2O2. The lowest BCUT2D eigenvalue weighted by Crippen LogP contribution is -2.41. The summed E-state index contributed by atoms with van der Waals surface area (Å²) in [5.41, 5.74) is 4.00. The van der Waals surface area contributed by atoms with Gasteiger partial charge in [-0.05, 0) is 56.6 Å². The molecule has 4 rings (SSSR count). The van der Waals surface area contributed by atoms with Crippen LogP contribution in [0.2, 0.25) is 0 Å². The third kappa shape index (κ3) is 3.15. The van der Waals surface area contributed by atoms with E-state index in [9.17, 15) is 4.79 Å². The second-order valence-electron chi connectivity index (χ2n) is 7.59. The van der Waals surface area contributed by atoms with Crippen molar-refractivity contribution >= 4 is 16.8 Å². The summed E-state index contributed by atoms with van der Waals surface area (Å²) < 4.78 is 5.74. The van der Waals surface area contributed by atoms with E-state index in [4.69, 9.17) is 9.72 Å². The molecule has 1 aromatic heterocycles. The summed E-state index contributed by atoms with van der Waals surface area (Å²) >= 11 is 0. The SMILES string of the molecule is CC1CCc2nc3ccccc3c(C(=O)NC(C)C3CCCO3)c2C1. The van der Waals surface area contributed by atoms with Crippen molar-refractivity contribution in [1.82, 2.24) is 10.3 Å². The van der Waals surface area contributed by atoms with Crippen LogP contribution in [-0.4, -0.2) is 29.6 Å². The molecule has 0 radical (unpaired) electrons. The van der Waals surface area contributed by atoms with Crippen molar-refractivity contribution in [2.45, 2.75) is 58.1 Å². The van der Waals surface area contributed by atoms with E-state index in [1.165, 1.54) is 0 Å². The van der Waals surface area contributed by atoms with Crippen LogP contribution >= 0.6 is 0 Å². The van der Waals surface area contributed by atoms with Crippen molar-refractivity contribution < 1.29 is 9.53 Å². The second kappa shape index (κ2) is 6.75. The van der Waals surface area contributed by atoms with Crippen LogP contribution in [0.15, 0.2) is 24.3 Å². The van der Waals surface area contributed by atoms with Gasteiger partial charge in [-0.25, -0.2) is 0 Å². The van der Waals surface area contributed by atoms with Gasteiger partial charge in [0, 0.05) is 17.7 Å². The fourth-order valence-corrected chi connectivity index (χ4v) is 4.19. The Balaban J connectivity index is 1.73. The average Bonchev–Trinajstić information content (AvgIpc) is 3.14. The number of hydrogen-bond acceptors (Lipinski definition) is 3. The van der Waals surface area contributed by atoms with Gasteiger partial charge in [0.15, 0.2) is 0 Å². The quantitative estimate of drug-likeness (QED) is 0.929. The molecule has 1 aromatic carbocycles. The molecule has 25 heavy (non-hydrogen) atoms. The van der Waals surface area contributed by atoms with E-state index in [2.05, 4.69) is 12.2 Å². The third-order valence-corrected chi connectivity index (χ3v) is 5.61. The first kappa shape index (κ1) is 16.5. The Kier molecular flexibility index (Phi) is 4.46. The summed E-state index contributed by atoms with van der Waals surface area (Å²) in [5.74, 6) is 0.615. The standard InChI is InChI=1S/C21H26N2O2/c1-13-9-10-18-16(12-13)20(15-6-3-4-7-17(15)23-18)21(24)22-14(2)19-8-5-11-25-19/h3-4,6-7,13-14,19H,5,8-12H2,1-2H3,(H,22,24). The van der Waals surface area contributed by atoms with Crippen LogP contribution in [0.25, 0.3) is 10.9 Å². The summed E-state index contributed by atoms with van der Waals surface area (Å²) in [6.45, 7) is 5.11. The number of carbonyl (C=O) groups excluding carboxylic acids is 1. The van der Waals surface area contributed by atoms with E-state index in [1.807, 2.05) is 31.2 Å². The molecule has 0 saturated carbocycles. The number of hydrogen-bond donors (Lipinski definition) is 1. The van der Waals surface area contributed by atoms with Gasteiger partial charge in [-0.3, -0.25) is 9.78 Å². The van der Waals surface area contributed by atoms with Crippen LogP contribution < -0.4 is 5.32 Å². The number of carbonyl (C=O) groups is 1. The van der Waals surface area contributed by atoms with E-state index in [0.717, 1.165) is 66.4 Å². The number of pyridine rings is 1. The molecule has 1 aliphatic carbocycles. The van der Waals surface area contributed by atoms with Crippen molar-refractivity contribution in [2.75, 3.05) is 6.61 Å². The Hall–Kier alpha value is -1.94. The molecule has 1 saturated heterocycles. The van der Waals surface area contributed by atoms with Crippen LogP contribution in [0.4, 0.5) is 0 Å². The maximum atomic E-state index is 13.2. The number of fused-ring (bicyclic) bond motifs is 2. The largest absolute Gasteiger partial charge is 0.376 e. The van der Waals surface area contributed by atoms with Crippen molar-refractivity contribution in [3.05, 3.63) is 41.1 Å². The normalized spacial score (nSPS) is 24.1. The van der Waals surface area contributed by atoms with Crippen LogP contribution in [-0.2, 0) is 17.6 Å². The summed E-state index contributed by atoms with van der Waals surface area (Å²) in [6.07, 6.45) is 5.27. The van der Waals surface area contributed by atoms with Crippen molar-refractivity contribution in [3.8, 4) is 0 Å². The van der Waals surface area contributed by atoms with Gasteiger partial charge in [-0.15, -0.1) is 0 Å². The highest BCUT2D eigenvalue weighted by atomic mass is 16.5. The number of rotatable bonds is 3. The van der Waals surface area contributed by atoms with Crippen LogP contribution in [0.5, 0.6) is 0 Å². The lowest BCUT2D eigenvalue weighted by atomic mass is 9.84. The Morgan fingerprint density at radius 2 is 2.16 bits per heavy atom. The minimum Gasteiger partial charge on any atom is -0.376 e. The topological polar surface area (TPSA) is 51.2 Å². The molecule has 1 aliphatic heterocycles. The zero-order valence-corrected chi connectivity index (χ0v) is 15.0. The van der Waals surface area contributed by atoms with Gasteiger partial charge in [0.25, 0.3) is 5.91 Å². The molecular weight excluding hydrogens is 312 g/mol. The Labute approximate surface area is 149 Å². The van der Waals surface area contributed by atoms with E-state index in [-0.39, 0.29) is 18.1 Å². The van der Waals surface area contributed by atoms with Crippen molar-refractivity contribution in [3.63, 3.8) is 0 Å². The highest BCUT2D eigenvalue weighted by Crippen LogP contribution is 2.31. The fourth-order valence-electron chi connectivity index (χ4n) is 4.19. The summed E-state index contributed by atoms with van der Waals surface area (Å²) in [4.78, 5) is 18.1. The van der Waals surface area contributed by atoms with Crippen LogP contribution in [0.1, 0.15) is 54.7 Å². The van der Waals surface area contributed by atoms with E-state index < -0.39 is 0 Å². The first-order valence-corrected chi connectivity index (χ1v) is 9.46.